The van der Waals surface area contributed by atoms with Crippen LogP contribution in [0.15, 0.2) is 12.1 Å². The molecule has 94 valence electrons. The van der Waals surface area contributed by atoms with Gasteiger partial charge in [0.2, 0.25) is 5.88 Å². The van der Waals surface area contributed by atoms with E-state index in [1.165, 1.54) is 6.07 Å². The van der Waals surface area contributed by atoms with Crippen LogP contribution >= 0.6 is 0 Å². The molecule has 0 amide bonds. The zero-order valence-electron chi connectivity index (χ0n) is 10.3. The zero-order chi connectivity index (χ0) is 12.4. The molecule has 2 heterocycles. The smallest absolute Gasteiger partial charge is 0.214 e. The third-order valence-corrected chi connectivity index (χ3v) is 2.93. The number of hydrogen-bond acceptors (Lipinski definition) is 4. The first kappa shape index (κ1) is 12.3. The quantitative estimate of drug-likeness (QED) is 0.796. The van der Waals surface area contributed by atoms with Gasteiger partial charge in [0.1, 0.15) is 11.9 Å². The number of hydrogen-bond donors (Lipinski definition) is 0. The molecule has 2 rings (SSSR count). The van der Waals surface area contributed by atoms with Gasteiger partial charge in [0.05, 0.1) is 24.9 Å². The third-order valence-electron chi connectivity index (χ3n) is 2.93. The molecule has 0 aliphatic carbocycles. The Balaban J connectivity index is 2.07. The number of aromatic nitrogens is 1. The standard InChI is InChI=1S/C12H17FN2O2/c1-8-9(13)4-5-12(14-8)17-11-7-16-6-10(11)15(2)3/h4-5,10-11H,6-7H2,1-3H3. The summed E-state index contributed by atoms with van der Waals surface area (Å²) >= 11 is 0. The minimum Gasteiger partial charge on any atom is -0.470 e. The van der Waals surface area contributed by atoms with Gasteiger partial charge in [-0.05, 0) is 27.1 Å². The van der Waals surface area contributed by atoms with E-state index in [4.69, 9.17) is 9.47 Å². The summed E-state index contributed by atoms with van der Waals surface area (Å²) in [4.78, 5) is 6.12. The molecule has 2 atom stereocenters. The third kappa shape index (κ3) is 2.73. The maximum Gasteiger partial charge on any atom is 0.214 e. The molecule has 1 aromatic heterocycles. The van der Waals surface area contributed by atoms with Crippen molar-refractivity contribution in [3.05, 3.63) is 23.6 Å². The van der Waals surface area contributed by atoms with Crippen molar-refractivity contribution in [2.45, 2.75) is 19.1 Å². The molecule has 1 fully saturated rings. The van der Waals surface area contributed by atoms with Crippen LogP contribution in [0.1, 0.15) is 5.69 Å². The van der Waals surface area contributed by atoms with Crippen LogP contribution in [0.25, 0.3) is 0 Å². The van der Waals surface area contributed by atoms with Gasteiger partial charge < -0.3 is 14.4 Å². The normalized spacial score (nSPS) is 24.3. The summed E-state index contributed by atoms with van der Waals surface area (Å²) < 4.78 is 24.2. The van der Waals surface area contributed by atoms with Gasteiger partial charge in [0.15, 0.2) is 0 Å². The number of ether oxygens (including phenoxy) is 2. The van der Waals surface area contributed by atoms with Crippen molar-refractivity contribution >= 4 is 0 Å². The highest BCUT2D eigenvalue weighted by molar-refractivity contribution is 5.17. The van der Waals surface area contributed by atoms with E-state index in [0.29, 0.717) is 24.8 Å². The second-order valence-electron chi connectivity index (χ2n) is 4.44. The summed E-state index contributed by atoms with van der Waals surface area (Å²) in [5.74, 6) is 0.135. The maximum absolute atomic E-state index is 13.1. The second-order valence-corrected chi connectivity index (χ2v) is 4.44. The van der Waals surface area contributed by atoms with Crippen LogP contribution in [0.4, 0.5) is 4.39 Å². The highest BCUT2D eigenvalue weighted by atomic mass is 19.1. The Bertz CT molecular complexity index is 398. The number of nitrogens with zero attached hydrogens (tertiary/aromatic N) is 2. The van der Waals surface area contributed by atoms with Crippen LogP contribution in [-0.2, 0) is 4.74 Å². The monoisotopic (exact) mass is 240 g/mol. The number of likely N-dealkylation sites (N-methyl/N-ethyl adjacent to an activating group) is 1. The topological polar surface area (TPSA) is 34.6 Å². The Hall–Kier alpha value is -1.20. The lowest BCUT2D eigenvalue weighted by Crippen LogP contribution is -2.41. The van der Waals surface area contributed by atoms with E-state index in [2.05, 4.69) is 9.88 Å². The van der Waals surface area contributed by atoms with E-state index in [9.17, 15) is 4.39 Å². The molecule has 0 N–H and O–H groups in total. The van der Waals surface area contributed by atoms with Crippen molar-refractivity contribution in [1.29, 1.82) is 0 Å². The second kappa shape index (κ2) is 4.98. The van der Waals surface area contributed by atoms with E-state index in [1.54, 1.807) is 13.0 Å². The van der Waals surface area contributed by atoms with Crippen LogP contribution in [0.5, 0.6) is 5.88 Å². The molecule has 1 aromatic rings. The van der Waals surface area contributed by atoms with Crippen LogP contribution in [-0.4, -0.2) is 49.3 Å². The van der Waals surface area contributed by atoms with Crippen LogP contribution in [0.2, 0.25) is 0 Å². The lowest BCUT2D eigenvalue weighted by molar-refractivity contribution is 0.121. The fourth-order valence-corrected chi connectivity index (χ4v) is 1.86. The minimum atomic E-state index is -0.316. The van der Waals surface area contributed by atoms with Crippen molar-refractivity contribution in [3.8, 4) is 5.88 Å². The van der Waals surface area contributed by atoms with E-state index in [1.807, 2.05) is 14.1 Å². The first-order chi connectivity index (χ1) is 8.08. The molecule has 1 saturated heterocycles. The van der Waals surface area contributed by atoms with Crippen LogP contribution in [0, 0.1) is 12.7 Å². The molecule has 0 aromatic carbocycles. The summed E-state index contributed by atoms with van der Waals surface area (Å²) in [5, 5.41) is 0. The number of aryl methyl sites for hydroxylation is 1. The van der Waals surface area contributed by atoms with Crippen LogP contribution < -0.4 is 4.74 Å². The van der Waals surface area contributed by atoms with Crippen molar-refractivity contribution in [2.24, 2.45) is 0 Å². The van der Waals surface area contributed by atoms with Gasteiger partial charge in [-0.2, -0.15) is 0 Å². The summed E-state index contributed by atoms with van der Waals surface area (Å²) in [7, 11) is 3.97. The summed E-state index contributed by atoms with van der Waals surface area (Å²) in [6.07, 6.45) is -0.0534. The summed E-state index contributed by atoms with van der Waals surface area (Å²) in [6.45, 7) is 2.82. The van der Waals surface area contributed by atoms with Gasteiger partial charge in [-0.25, -0.2) is 9.37 Å². The van der Waals surface area contributed by atoms with E-state index >= 15 is 0 Å². The summed E-state index contributed by atoms with van der Waals surface area (Å²) in [5.41, 5.74) is 0.350. The largest absolute Gasteiger partial charge is 0.470 e. The molecule has 1 aliphatic rings. The van der Waals surface area contributed by atoms with Crippen molar-refractivity contribution < 1.29 is 13.9 Å². The van der Waals surface area contributed by atoms with E-state index < -0.39 is 0 Å². The fourth-order valence-electron chi connectivity index (χ4n) is 1.86. The molecular formula is C12H17FN2O2. The SMILES string of the molecule is Cc1nc(OC2COCC2N(C)C)ccc1F. The Morgan fingerprint density at radius 1 is 1.41 bits per heavy atom. The van der Waals surface area contributed by atoms with Gasteiger partial charge in [-0.3, -0.25) is 0 Å². The average molecular weight is 240 g/mol. The molecule has 4 nitrogen and oxygen atoms in total. The van der Waals surface area contributed by atoms with Gasteiger partial charge in [-0.1, -0.05) is 0 Å². The predicted octanol–water partition coefficient (Wildman–Crippen LogP) is 1.24. The maximum atomic E-state index is 13.1. The molecule has 0 saturated carbocycles. The van der Waals surface area contributed by atoms with Gasteiger partial charge in [0.25, 0.3) is 0 Å². The minimum absolute atomic E-state index is 0.0534. The Morgan fingerprint density at radius 3 is 2.82 bits per heavy atom. The predicted molar refractivity (Wildman–Crippen MR) is 61.6 cm³/mol. The first-order valence-electron chi connectivity index (χ1n) is 5.62. The van der Waals surface area contributed by atoms with E-state index in [0.717, 1.165) is 0 Å². The Labute approximate surface area is 100 Å². The van der Waals surface area contributed by atoms with Gasteiger partial charge >= 0.3 is 0 Å². The molecule has 0 bridgehead atoms. The molecule has 1 aliphatic heterocycles. The van der Waals surface area contributed by atoms with Crippen LogP contribution in [0.3, 0.4) is 0 Å². The van der Waals surface area contributed by atoms with Crippen molar-refractivity contribution in [3.63, 3.8) is 0 Å². The molecular weight excluding hydrogens is 223 g/mol. The molecule has 0 radical (unpaired) electrons. The van der Waals surface area contributed by atoms with Gasteiger partial charge in [0, 0.05) is 6.07 Å². The summed E-state index contributed by atoms with van der Waals surface area (Å²) in [6, 6.07) is 3.13. The first-order valence-corrected chi connectivity index (χ1v) is 5.62. The Kier molecular flexibility index (Phi) is 3.59. The zero-order valence-corrected chi connectivity index (χ0v) is 10.3. The van der Waals surface area contributed by atoms with Gasteiger partial charge in [-0.15, -0.1) is 0 Å². The van der Waals surface area contributed by atoms with Crippen molar-refractivity contribution in [1.82, 2.24) is 9.88 Å². The lowest BCUT2D eigenvalue weighted by Gasteiger charge is -2.24. The van der Waals surface area contributed by atoms with E-state index in [-0.39, 0.29) is 18.0 Å². The average Bonchev–Trinajstić information content (AvgIpc) is 2.72. The number of rotatable bonds is 3. The molecule has 0 spiro atoms. The fraction of sp³-hybridized carbons (Fsp3) is 0.583. The highest BCUT2D eigenvalue weighted by Crippen LogP contribution is 2.18. The number of pyridine rings is 1. The van der Waals surface area contributed by atoms with Crippen molar-refractivity contribution in [2.75, 3.05) is 27.3 Å². The molecule has 2 unspecified atom stereocenters. The molecule has 17 heavy (non-hydrogen) atoms. The number of halogens is 1. The molecule has 5 heteroatoms. The lowest BCUT2D eigenvalue weighted by atomic mass is 10.2. The Morgan fingerprint density at radius 2 is 2.18 bits per heavy atom. The highest BCUT2D eigenvalue weighted by Gasteiger charge is 2.32.